The van der Waals surface area contributed by atoms with Gasteiger partial charge < -0.3 is 5.32 Å². The topological polar surface area (TPSA) is 77.6 Å². The molecule has 0 aliphatic carbocycles. The van der Waals surface area contributed by atoms with Crippen LogP contribution in [0.3, 0.4) is 0 Å². The number of nitrogens with one attached hydrogen (secondary N) is 1. The van der Waals surface area contributed by atoms with E-state index >= 15 is 0 Å². The van der Waals surface area contributed by atoms with Gasteiger partial charge in [0.15, 0.2) is 0 Å². The van der Waals surface area contributed by atoms with E-state index in [9.17, 15) is 4.79 Å². The minimum atomic E-state index is -0.106. The van der Waals surface area contributed by atoms with Crippen LogP contribution in [0.4, 0.5) is 0 Å². The van der Waals surface area contributed by atoms with Crippen LogP contribution in [0, 0.1) is 12.8 Å². The van der Waals surface area contributed by atoms with Crippen molar-refractivity contribution in [3.05, 3.63) is 59.1 Å². The Balaban J connectivity index is 1.50. The van der Waals surface area contributed by atoms with E-state index in [-0.39, 0.29) is 11.9 Å². The summed E-state index contributed by atoms with van der Waals surface area (Å²) in [5, 5.41) is 12.9. The zero-order valence-corrected chi connectivity index (χ0v) is 17.8. The Morgan fingerprint density at radius 1 is 1.21 bits per heavy atom. The second kappa shape index (κ2) is 7.79. The lowest BCUT2D eigenvalue weighted by molar-refractivity contribution is 0.0944. The molecular weight excluding hydrogens is 384 g/mol. The minimum absolute atomic E-state index is 0.0606. The van der Waals surface area contributed by atoms with Gasteiger partial charge in [0.1, 0.15) is 17.5 Å². The summed E-state index contributed by atoms with van der Waals surface area (Å²) in [6, 6.07) is 9.78. The highest BCUT2D eigenvalue weighted by Crippen LogP contribution is 2.29. The van der Waals surface area contributed by atoms with Crippen LogP contribution >= 0.6 is 11.3 Å². The van der Waals surface area contributed by atoms with Crippen LogP contribution in [0.5, 0.6) is 0 Å². The first-order chi connectivity index (χ1) is 13.9. The third kappa shape index (κ3) is 3.93. The maximum Gasteiger partial charge on any atom is 0.261 e. The van der Waals surface area contributed by atoms with Crippen molar-refractivity contribution in [3.63, 3.8) is 0 Å². The first-order valence-electron chi connectivity index (χ1n) is 9.65. The first-order valence-corrected chi connectivity index (χ1v) is 10.5. The van der Waals surface area contributed by atoms with Gasteiger partial charge in [-0.2, -0.15) is 10.2 Å². The Hall–Kier alpha value is -3.00. The van der Waals surface area contributed by atoms with Crippen molar-refractivity contribution in [1.82, 2.24) is 29.9 Å². The molecule has 1 amide bonds. The van der Waals surface area contributed by atoms with E-state index in [0.29, 0.717) is 10.8 Å². The minimum Gasteiger partial charge on any atom is -0.345 e. The number of thiophene rings is 1. The van der Waals surface area contributed by atoms with E-state index < -0.39 is 0 Å². The smallest absolute Gasteiger partial charge is 0.261 e. The quantitative estimate of drug-likeness (QED) is 0.520. The number of nitrogens with zero attached hydrogens (tertiary/aromatic N) is 5. The van der Waals surface area contributed by atoms with E-state index in [4.69, 9.17) is 0 Å². The molecule has 0 aliphatic rings. The standard InChI is InChI=1S/C21H24N6OS/c1-13(2)10-26-21-18(15(4)25-26)9-19(29-21)20(28)24-14(3)16-5-7-17(8-6-16)27-12-22-11-23-27/h5-9,11-14H,10H2,1-4H3,(H,24,28)/t14-/m1/s1. The SMILES string of the molecule is Cc1nn(CC(C)C)c2sc(C(=O)N[C@H](C)c3ccc(-n4cncn4)cc3)cc12. The molecule has 1 N–H and O–H groups in total. The van der Waals surface area contributed by atoms with Crippen LogP contribution in [0.1, 0.15) is 47.7 Å². The van der Waals surface area contributed by atoms with E-state index in [2.05, 4.69) is 34.3 Å². The molecule has 4 aromatic rings. The summed E-state index contributed by atoms with van der Waals surface area (Å²) in [5.41, 5.74) is 2.93. The van der Waals surface area contributed by atoms with Crippen molar-refractivity contribution in [2.45, 2.75) is 40.3 Å². The van der Waals surface area contributed by atoms with Crippen LogP contribution in [0.2, 0.25) is 0 Å². The second-order valence-corrected chi connectivity index (χ2v) is 8.65. The van der Waals surface area contributed by atoms with E-state index in [1.807, 2.05) is 48.9 Å². The molecule has 3 heterocycles. The van der Waals surface area contributed by atoms with Crippen LogP contribution in [0.25, 0.3) is 15.9 Å². The van der Waals surface area contributed by atoms with Crippen molar-refractivity contribution < 1.29 is 4.79 Å². The Bertz CT molecular complexity index is 1120. The lowest BCUT2D eigenvalue weighted by atomic mass is 10.1. The van der Waals surface area contributed by atoms with Crippen molar-refractivity contribution in [1.29, 1.82) is 0 Å². The number of amides is 1. The number of aromatic nitrogens is 5. The fourth-order valence-electron chi connectivity index (χ4n) is 3.30. The van der Waals surface area contributed by atoms with E-state index in [1.54, 1.807) is 11.0 Å². The average molecular weight is 409 g/mol. The number of hydrogen-bond donors (Lipinski definition) is 1. The molecule has 0 fully saturated rings. The van der Waals surface area contributed by atoms with Gasteiger partial charge in [-0.3, -0.25) is 9.48 Å². The van der Waals surface area contributed by atoms with Crippen molar-refractivity contribution >= 4 is 27.5 Å². The number of aryl methyl sites for hydroxylation is 1. The summed E-state index contributed by atoms with van der Waals surface area (Å²) in [6.07, 6.45) is 3.16. The summed E-state index contributed by atoms with van der Waals surface area (Å²) >= 11 is 1.50. The average Bonchev–Trinajstić information content (AvgIpc) is 3.41. The van der Waals surface area contributed by atoms with Crippen LogP contribution < -0.4 is 5.32 Å². The summed E-state index contributed by atoms with van der Waals surface area (Å²) in [4.78, 5) is 18.6. The molecule has 8 heteroatoms. The van der Waals surface area contributed by atoms with Crippen LogP contribution in [-0.4, -0.2) is 30.5 Å². The molecule has 0 bridgehead atoms. The Morgan fingerprint density at radius 3 is 2.62 bits per heavy atom. The molecule has 0 unspecified atom stereocenters. The number of rotatable bonds is 6. The van der Waals surface area contributed by atoms with Gasteiger partial charge in [0.05, 0.1) is 22.3 Å². The summed E-state index contributed by atoms with van der Waals surface area (Å²) in [5.74, 6) is 0.437. The second-order valence-electron chi connectivity index (χ2n) is 7.62. The van der Waals surface area contributed by atoms with Gasteiger partial charge in [-0.25, -0.2) is 9.67 Å². The van der Waals surface area contributed by atoms with Crippen LogP contribution in [0.15, 0.2) is 43.0 Å². The molecule has 0 radical (unpaired) electrons. The first kappa shape index (κ1) is 19.3. The third-order valence-corrected chi connectivity index (χ3v) is 5.94. The molecular formula is C21H24N6OS. The van der Waals surface area contributed by atoms with Crippen molar-refractivity contribution in [3.8, 4) is 5.69 Å². The van der Waals surface area contributed by atoms with E-state index in [0.717, 1.165) is 33.7 Å². The highest BCUT2D eigenvalue weighted by molar-refractivity contribution is 7.20. The van der Waals surface area contributed by atoms with Gasteiger partial charge in [0.25, 0.3) is 5.91 Å². The maximum atomic E-state index is 12.8. The zero-order valence-electron chi connectivity index (χ0n) is 17.0. The predicted octanol–water partition coefficient (Wildman–Crippen LogP) is 4.13. The van der Waals surface area contributed by atoms with Crippen molar-refractivity contribution in [2.24, 2.45) is 5.92 Å². The summed E-state index contributed by atoms with van der Waals surface area (Å²) in [7, 11) is 0. The van der Waals surface area contributed by atoms with E-state index in [1.165, 1.54) is 17.7 Å². The monoisotopic (exact) mass is 408 g/mol. The van der Waals surface area contributed by atoms with Gasteiger partial charge >= 0.3 is 0 Å². The number of carbonyl (C=O) groups excluding carboxylic acids is 1. The molecule has 1 aromatic carbocycles. The lowest BCUT2D eigenvalue weighted by Gasteiger charge is -2.14. The largest absolute Gasteiger partial charge is 0.345 e. The molecule has 3 aromatic heterocycles. The molecule has 1 atom stereocenters. The lowest BCUT2D eigenvalue weighted by Crippen LogP contribution is -2.25. The molecule has 0 saturated carbocycles. The maximum absolute atomic E-state index is 12.8. The van der Waals surface area contributed by atoms with Crippen LogP contribution in [-0.2, 0) is 6.54 Å². The Kier molecular flexibility index (Phi) is 5.19. The number of benzene rings is 1. The molecule has 0 aliphatic heterocycles. The molecule has 4 rings (SSSR count). The van der Waals surface area contributed by atoms with Gasteiger partial charge in [-0.15, -0.1) is 11.3 Å². The molecule has 29 heavy (non-hydrogen) atoms. The number of fused-ring (bicyclic) bond motifs is 1. The highest BCUT2D eigenvalue weighted by atomic mass is 32.1. The molecule has 150 valence electrons. The normalized spacial score (nSPS) is 12.6. The number of carbonyl (C=O) groups is 1. The van der Waals surface area contributed by atoms with Gasteiger partial charge in [-0.05, 0) is 43.5 Å². The zero-order chi connectivity index (χ0) is 20.5. The fraction of sp³-hybridized carbons (Fsp3) is 0.333. The fourth-order valence-corrected chi connectivity index (χ4v) is 4.38. The highest BCUT2D eigenvalue weighted by Gasteiger charge is 2.18. The summed E-state index contributed by atoms with van der Waals surface area (Å²) in [6.45, 7) is 9.16. The summed E-state index contributed by atoms with van der Waals surface area (Å²) < 4.78 is 3.72. The van der Waals surface area contributed by atoms with Gasteiger partial charge in [0, 0.05) is 11.9 Å². The van der Waals surface area contributed by atoms with Gasteiger partial charge in [-0.1, -0.05) is 26.0 Å². The van der Waals surface area contributed by atoms with Gasteiger partial charge in [0.2, 0.25) is 0 Å². The molecule has 0 saturated heterocycles. The molecule has 7 nitrogen and oxygen atoms in total. The third-order valence-electron chi connectivity index (χ3n) is 4.79. The van der Waals surface area contributed by atoms with Crippen molar-refractivity contribution in [2.75, 3.05) is 0 Å². The Morgan fingerprint density at radius 2 is 1.97 bits per heavy atom. The number of hydrogen-bond acceptors (Lipinski definition) is 5. The Labute approximate surface area is 173 Å². The predicted molar refractivity (Wildman–Crippen MR) is 114 cm³/mol. The molecule has 0 spiro atoms.